The molecule has 2 aliphatic rings. The first-order valence-electron chi connectivity index (χ1n) is 11.5. The minimum absolute atomic E-state index is 0.238. The van der Waals surface area contributed by atoms with E-state index in [1.165, 1.54) is 32.1 Å². The highest BCUT2D eigenvalue weighted by Gasteiger charge is 2.20. The van der Waals surface area contributed by atoms with Gasteiger partial charge < -0.3 is 34.4 Å². The summed E-state index contributed by atoms with van der Waals surface area (Å²) in [6.07, 6.45) is 5.55. The van der Waals surface area contributed by atoms with Crippen molar-refractivity contribution in [1.29, 1.82) is 0 Å². The number of nitrogens with zero attached hydrogens (tertiary/aromatic N) is 2. The number of likely N-dealkylation sites (tertiary alicyclic amines) is 1. The zero-order valence-electron chi connectivity index (χ0n) is 18.7. The van der Waals surface area contributed by atoms with Crippen molar-refractivity contribution in [1.82, 2.24) is 15.1 Å². The number of aliphatic hydroxyl groups is 1. The van der Waals surface area contributed by atoms with E-state index in [2.05, 4.69) is 10.2 Å². The molecule has 0 aliphatic carbocycles. The molecule has 8 heteroatoms. The van der Waals surface area contributed by atoms with Crippen LogP contribution >= 0.6 is 0 Å². The highest BCUT2D eigenvalue weighted by Crippen LogP contribution is 2.28. The Morgan fingerprint density at radius 3 is 2.61 bits per heavy atom. The van der Waals surface area contributed by atoms with Crippen LogP contribution in [0.25, 0.3) is 0 Å². The minimum atomic E-state index is -0.525. The van der Waals surface area contributed by atoms with Crippen molar-refractivity contribution in [2.75, 3.05) is 59.6 Å². The molecule has 1 unspecified atom stereocenters. The van der Waals surface area contributed by atoms with Gasteiger partial charge in [0.2, 0.25) is 0 Å². The van der Waals surface area contributed by atoms with Crippen molar-refractivity contribution in [2.45, 2.75) is 44.8 Å². The Labute approximate surface area is 185 Å². The van der Waals surface area contributed by atoms with Crippen LogP contribution < -0.4 is 14.8 Å². The van der Waals surface area contributed by atoms with Gasteiger partial charge in [-0.05, 0) is 43.6 Å². The Hall–Kier alpha value is -2.03. The van der Waals surface area contributed by atoms with E-state index in [-0.39, 0.29) is 12.7 Å². The van der Waals surface area contributed by atoms with Gasteiger partial charge in [-0.3, -0.25) is 0 Å². The van der Waals surface area contributed by atoms with E-state index >= 15 is 0 Å². The molecule has 1 atom stereocenters. The Balaban J connectivity index is 1.40. The molecule has 0 radical (unpaired) electrons. The summed E-state index contributed by atoms with van der Waals surface area (Å²) in [5, 5.41) is 13.8. The molecule has 8 nitrogen and oxygen atoms in total. The highest BCUT2D eigenvalue weighted by atomic mass is 16.6. The third kappa shape index (κ3) is 7.87. The van der Waals surface area contributed by atoms with Gasteiger partial charge in [-0.2, -0.15) is 0 Å². The number of hydrogen-bond donors (Lipinski definition) is 2. The Kier molecular flexibility index (Phi) is 9.71. The summed E-state index contributed by atoms with van der Waals surface area (Å²) in [5.74, 6) is 1.29. The number of hydrogen-bond acceptors (Lipinski definition) is 7. The molecule has 0 spiro atoms. The molecule has 1 aromatic carbocycles. The SMILES string of the molecule is COc1cc(CNCCN2CCOC2=O)ccc1OCC(O)CN1CCCCCCC1. The number of carbonyl (C=O) groups is 1. The maximum absolute atomic E-state index is 11.4. The molecule has 31 heavy (non-hydrogen) atoms. The number of ether oxygens (including phenoxy) is 3. The van der Waals surface area contributed by atoms with Crippen LogP contribution in [0.1, 0.15) is 37.7 Å². The average molecular weight is 436 g/mol. The van der Waals surface area contributed by atoms with E-state index in [9.17, 15) is 9.90 Å². The number of carbonyl (C=O) groups excluding carboxylic acids is 1. The molecule has 174 valence electrons. The smallest absolute Gasteiger partial charge is 0.409 e. The van der Waals surface area contributed by atoms with Crippen LogP contribution in [-0.4, -0.2) is 86.7 Å². The number of methoxy groups -OCH3 is 1. The van der Waals surface area contributed by atoms with Crippen LogP contribution in [0, 0.1) is 0 Å². The van der Waals surface area contributed by atoms with E-state index in [0.29, 0.717) is 50.8 Å². The molecule has 2 heterocycles. The highest BCUT2D eigenvalue weighted by molar-refractivity contribution is 5.69. The molecule has 0 bridgehead atoms. The molecule has 3 rings (SSSR count). The zero-order chi connectivity index (χ0) is 21.9. The van der Waals surface area contributed by atoms with Gasteiger partial charge in [0.05, 0.1) is 13.7 Å². The van der Waals surface area contributed by atoms with E-state index in [4.69, 9.17) is 14.2 Å². The molecule has 0 aromatic heterocycles. The summed E-state index contributed by atoms with van der Waals surface area (Å²) >= 11 is 0. The van der Waals surface area contributed by atoms with Crippen LogP contribution in [0.4, 0.5) is 4.79 Å². The number of benzene rings is 1. The van der Waals surface area contributed by atoms with E-state index < -0.39 is 6.10 Å². The van der Waals surface area contributed by atoms with E-state index in [1.807, 2.05) is 18.2 Å². The molecule has 2 N–H and O–H groups in total. The van der Waals surface area contributed by atoms with Crippen LogP contribution in [0.15, 0.2) is 18.2 Å². The lowest BCUT2D eigenvalue weighted by Crippen LogP contribution is -2.37. The molecule has 2 fully saturated rings. The summed E-state index contributed by atoms with van der Waals surface area (Å²) in [4.78, 5) is 15.5. The van der Waals surface area contributed by atoms with Gasteiger partial charge in [-0.25, -0.2) is 4.79 Å². The fraction of sp³-hybridized carbons (Fsp3) is 0.696. The van der Waals surface area contributed by atoms with Gasteiger partial charge in [-0.15, -0.1) is 0 Å². The lowest BCUT2D eigenvalue weighted by Gasteiger charge is -2.26. The number of cyclic esters (lactones) is 1. The lowest BCUT2D eigenvalue weighted by molar-refractivity contribution is 0.0645. The van der Waals surface area contributed by atoms with Gasteiger partial charge in [-0.1, -0.05) is 25.3 Å². The van der Waals surface area contributed by atoms with Gasteiger partial charge in [0, 0.05) is 26.2 Å². The molecule has 2 saturated heterocycles. The molecular formula is C23H37N3O5. The van der Waals surface area contributed by atoms with Crippen molar-refractivity contribution in [3.63, 3.8) is 0 Å². The summed E-state index contributed by atoms with van der Waals surface area (Å²) in [5.41, 5.74) is 1.06. The standard InChI is InChI=1S/C23H37N3O5/c1-29-22-15-19(16-24-9-12-26-13-14-30-23(26)28)7-8-21(22)31-18-20(27)17-25-10-5-3-2-4-6-11-25/h7-8,15,20,24,27H,2-6,9-14,16-18H2,1H3. The second kappa shape index (κ2) is 12.7. The normalized spacial score (nSPS) is 18.9. The number of rotatable bonds is 11. The molecule has 2 aliphatic heterocycles. The minimum Gasteiger partial charge on any atom is -0.493 e. The monoisotopic (exact) mass is 435 g/mol. The first-order valence-corrected chi connectivity index (χ1v) is 11.5. The van der Waals surface area contributed by atoms with Crippen molar-refractivity contribution in [2.24, 2.45) is 0 Å². The predicted octanol–water partition coefficient (Wildman–Crippen LogP) is 2.24. The largest absolute Gasteiger partial charge is 0.493 e. The van der Waals surface area contributed by atoms with Gasteiger partial charge in [0.15, 0.2) is 11.5 Å². The van der Waals surface area contributed by atoms with Gasteiger partial charge >= 0.3 is 6.09 Å². The third-order valence-electron chi connectivity index (χ3n) is 5.81. The lowest BCUT2D eigenvalue weighted by atomic mass is 10.1. The fourth-order valence-electron chi connectivity index (χ4n) is 4.05. The average Bonchev–Trinajstić information content (AvgIpc) is 3.16. The summed E-state index contributed by atoms with van der Waals surface area (Å²) < 4.78 is 16.3. The second-order valence-corrected chi connectivity index (χ2v) is 8.30. The number of amides is 1. The maximum Gasteiger partial charge on any atom is 0.409 e. The molecule has 0 saturated carbocycles. The van der Waals surface area contributed by atoms with Gasteiger partial charge in [0.25, 0.3) is 0 Å². The summed E-state index contributed by atoms with van der Waals surface area (Å²) in [6, 6.07) is 5.81. The quantitative estimate of drug-likeness (QED) is 0.516. The summed E-state index contributed by atoms with van der Waals surface area (Å²) in [6.45, 7) is 6.13. The summed E-state index contributed by atoms with van der Waals surface area (Å²) in [7, 11) is 1.62. The topological polar surface area (TPSA) is 83.5 Å². The van der Waals surface area contributed by atoms with Crippen LogP contribution in [0.2, 0.25) is 0 Å². The maximum atomic E-state index is 11.4. The van der Waals surface area contributed by atoms with Crippen molar-refractivity contribution in [3.8, 4) is 11.5 Å². The van der Waals surface area contributed by atoms with E-state index in [0.717, 1.165) is 18.7 Å². The van der Waals surface area contributed by atoms with Crippen LogP contribution in [0.3, 0.4) is 0 Å². The molecular weight excluding hydrogens is 398 g/mol. The number of nitrogens with one attached hydrogen (secondary N) is 1. The van der Waals surface area contributed by atoms with E-state index in [1.54, 1.807) is 12.0 Å². The predicted molar refractivity (Wildman–Crippen MR) is 119 cm³/mol. The number of β-amino-alcohol motifs (C(OH)–C–C–N with tert-alkyl or cyclic N) is 1. The molecule has 1 amide bonds. The zero-order valence-corrected chi connectivity index (χ0v) is 18.7. The Bertz CT molecular complexity index is 679. The molecule has 1 aromatic rings. The van der Waals surface area contributed by atoms with Crippen molar-refractivity contribution < 1.29 is 24.1 Å². The van der Waals surface area contributed by atoms with Crippen LogP contribution in [0.5, 0.6) is 11.5 Å². The first kappa shape index (κ1) is 23.6. The first-order chi connectivity index (χ1) is 15.2. The van der Waals surface area contributed by atoms with Gasteiger partial charge in [0.1, 0.15) is 19.3 Å². The van der Waals surface area contributed by atoms with Crippen molar-refractivity contribution >= 4 is 6.09 Å². The second-order valence-electron chi connectivity index (χ2n) is 8.30. The Morgan fingerprint density at radius 2 is 1.90 bits per heavy atom. The number of aliphatic hydroxyl groups excluding tert-OH is 1. The van der Waals surface area contributed by atoms with Crippen LogP contribution in [-0.2, 0) is 11.3 Å². The Morgan fingerprint density at radius 1 is 1.13 bits per heavy atom. The third-order valence-corrected chi connectivity index (χ3v) is 5.81. The van der Waals surface area contributed by atoms with Crippen molar-refractivity contribution in [3.05, 3.63) is 23.8 Å². The fourth-order valence-corrected chi connectivity index (χ4v) is 4.05.